The van der Waals surface area contributed by atoms with E-state index in [-0.39, 0.29) is 0 Å². The highest BCUT2D eigenvalue weighted by molar-refractivity contribution is 5.77. The number of benzene rings is 1. The van der Waals surface area contributed by atoms with Gasteiger partial charge in [-0.15, -0.1) is 0 Å². The summed E-state index contributed by atoms with van der Waals surface area (Å²) < 4.78 is 5.72. The Kier molecular flexibility index (Phi) is 4.27. The van der Waals surface area contributed by atoms with E-state index in [4.69, 9.17) is 4.42 Å². The molecule has 2 aromatic rings. The third-order valence-electron chi connectivity index (χ3n) is 3.13. The van der Waals surface area contributed by atoms with E-state index in [1.807, 2.05) is 37.3 Å². The lowest BCUT2D eigenvalue weighted by atomic mass is 9.94. The molecule has 0 aliphatic rings. The Morgan fingerprint density at radius 2 is 2.05 bits per heavy atom. The van der Waals surface area contributed by atoms with E-state index >= 15 is 0 Å². The monoisotopic (exact) mass is 261 g/mol. The zero-order valence-electron chi connectivity index (χ0n) is 11.9. The maximum atomic E-state index is 10.2. The van der Waals surface area contributed by atoms with E-state index in [9.17, 15) is 5.11 Å². The van der Waals surface area contributed by atoms with Gasteiger partial charge in [0.1, 0.15) is 11.3 Å². The summed E-state index contributed by atoms with van der Waals surface area (Å²) in [6, 6.07) is 10.0. The van der Waals surface area contributed by atoms with Crippen molar-refractivity contribution >= 4 is 11.0 Å². The Hall–Kier alpha value is -1.32. The molecule has 19 heavy (non-hydrogen) atoms. The van der Waals surface area contributed by atoms with Gasteiger partial charge < -0.3 is 14.8 Å². The first kappa shape index (κ1) is 14.1. The molecule has 2 N–H and O–H groups in total. The number of nitrogens with one attached hydrogen (secondary N) is 1. The van der Waals surface area contributed by atoms with Crippen LogP contribution in [0, 0.1) is 5.92 Å². The van der Waals surface area contributed by atoms with Gasteiger partial charge in [0.2, 0.25) is 0 Å². The van der Waals surface area contributed by atoms with E-state index in [1.54, 1.807) is 0 Å². The fraction of sp³-hybridized carbons (Fsp3) is 0.500. The lowest BCUT2D eigenvalue weighted by molar-refractivity contribution is 0.0380. The summed E-state index contributed by atoms with van der Waals surface area (Å²) in [4.78, 5) is 0. The summed E-state index contributed by atoms with van der Waals surface area (Å²) in [6.45, 7) is 7.32. The average molecular weight is 261 g/mol. The molecule has 0 aliphatic heterocycles. The van der Waals surface area contributed by atoms with Crippen LogP contribution in [0.5, 0.6) is 0 Å². The quantitative estimate of drug-likeness (QED) is 0.838. The molecule has 3 heteroatoms. The van der Waals surface area contributed by atoms with Crippen LogP contribution in [0.15, 0.2) is 34.7 Å². The van der Waals surface area contributed by atoms with Crippen LogP contribution in [0.2, 0.25) is 0 Å². The molecular weight excluding hydrogens is 238 g/mol. The summed E-state index contributed by atoms with van der Waals surface area (Å²) in [5, 5.41) is 14.6. The molecule has 0 radical (unpaired) electrons. The summed E-state index contributed by atoms with van der Waals surface area (Å²) >= 11 is 0. The van der Waals surface area contributed by atoms with Gasteiger partial charge in [0.25, 0.3) is 0 Å². The average Bonchev–Trinajstić information content (AvgIpc) is 2.69. The van der Waals surface area contributed by atoms with E-state index in [1.165, 1.54) is 0 Å². The molecule has 104 valence electrons. The van der Waals surface area contributed by atoms with Crippen LogP contribution < -0.4 is 5.32 Å². The molecule has 1 aromatic carbocycles. The Balaban J connectivity index is 1.88. The van der Waals surface area contributed by atoms with Crippen molar-refractivity contribution in [1.82, 2.24) is 5.32 Å². The van der Waals surface area contributed by atoms with Crippen LogP contribution in [-0.4, -0.2) is 17.3 Å². The Labute approximate surface area is 114 Å². The third kappa shape index (κ3) is 4.08. The van der Waals surface area contributed by atoms with Gasteiger partial charge in [0.15, 0.2) is 0 Å². The van der Waals surface area contributed by atoms with Crippen molar-refractivity contribution in [3.05, 3.63) is 36.1 Å². The second-order valence-electron chi connectivity index (χ2n) is 5.95. The van der Waals surface area contributed by atoms with Gasteiger partial charge in [-0.05, 0) is 31.4 Å². The molecule has 0 saturated heterocycles. The summed E-state index contributed by atoms with van der Waals surface area (Å²) in [7, 11) is 0. The van der Waals surface area contributed by atoms with Gasteiger partial charge in [-0.2, -0.15) is 0 Å². The highest BCUT2D eigenvalue weighted by Crippen LogP contribution is 2.19. The van der Waals surface area contributed by atoms with E-state index in [0.29, 0.717) is 19.0 Å². The first-order valence-corrected chi connectivity index (χ1v) is 6.87. The van der Waals surface area contributed by atoms with Crippen LogP contribution in [0.25, 0.3) is 11.0 Å². The van der Waals surface area contributed by atoms with Gasteiger partial charge >= 0.3 is 0 Å². The lowest BCUT2D eigenvalue weighted by Crippen LogP contribution is -2.38. The standard InChI is InChI=1S/C16H23NO2/c1-12(2)9-16(3,18)11-17-10-14-8-13-6-4-5-7-15(13)19-14/h4-8,12,17-18H,9-11H2,1-3H3. The number of hydrogen-bond donors (Lipinski definition) is 2. The zero-order valence-corrected chi connectivity index (χ0v) is 11.9. The Bertz CT molecular complexity index is 495. The summed E-state index contributed by atoms with van der Waals surface area (Å²) in [5.74, 6) is 1.39. The van der Waals surface area contributed by atoms with Crippen molar-refractivity contribution in [3.8, 4) is 0 Å². The number of para-hydroxylation sites is 1. The molecule has 0 spiro atoms. The van der Waals surface area contributed by atoms with Crippen molar-refractivity contribution < 1.29 is 9.52 Å². The minimum absolute atomic E-state index is 0.489. The van der Waals surface area contributed by atoms with Gasteiger partial charge in [-0.25, -0.2) is 0 Å². The highest BCUT2D eigenvalue weighted by Gasteiger charge is 2.21. The molecule has 0 bridgehead atoms. The molecule has 1 heterocycles. The molecular formula is C16H23NO2. The van der Waals surface area contributed by atoms with Crippen molar-refractivity contribution in [2.45, 2.75) is 39.3 Å². The Morgan fingerprint density at radius 3 is 2.74 bits per heavy atom. The SMILES string of the molecule is CC(C)CC(C)(O)CNCc1cc2ccccc2o1. The predicted octanol–water partition coefficient (Wildman–Crippen LogP) is 3.32. The van der Waals surface area contributed by atoms with Crippen molar-refractivity contribution in [2.24, 2.45) is 5.92 Å². The second-order valence-corrected chi connectivity index (χ2v) is 5.95. The molecule has 2 rings (SSSR count). The fourth-order valence-electron chi connectivity index (χ4n) is 2.53. The van der Waals surface area contributed by atoms with Gasteiger partial charge in [0.05, 0.1) is 12.1 Å². The van der Waals surface area contributed by atoms with Gasteiger partial charge in [-0.3, -0.25) is 0 Å². The van der Waals surface area contributed by atoms with Gasteiger partial charge in [0, 0.05) is 11.9 Å². The minimum atomic E-state index is -0.666. The molecule has 1 unspecified atom stereocenters. The second kappa shape index (κ2) is 5.76. The molecule has 0 saturated carbocycles. The summed E-state index contributed by atoms with van der Waals surface area (Å²) in [5.41, 5.74) is 0.244. The number of aliphatic hydroxyl groups is 1. The van der Waals surface area contributed by atoms with E-state index in [0.717, 1.165) is 23.2 Å². The van der Waals surface area contributed by atoms with Crippen molar-refractivity contribution in [3.63, 3.8) is 0 Å². The van der Waals surface area contributed by atoms with Crippen LogP contribution in [0.3, 0.4) is 0 Å². The van der Waals surface area contributed by atoms with Crippen LogP contribution in [-0.2, 0) is 6.54 Å². The molecule has 3 nitrogen and oxygen atoms in total. The van der Waals surface area contributed by atoms with Gasteiger partial charge in [-0.1, -0.05) is 32.0 Å². The summed E-state index contributed by atoms with van der Waals surface area (Å²) in [6.07, 6.45) is 0.792. The van der Waals surface area contributed by atoms with Crippen molar-refractivity contribution in [1.29, 1.82) is 0 Å². The molecule has 0 fully saturated rings. The van der Waals surface area contributed by atoms with Crippen LogP contribution in [0.4, 0.5) is 0 Å². The highest BCUT2D eigenvalue weighted by atomic mass is 16.3. The topological polar surface area (TPSA) is 45.4 Å². The van der Waals surface area contributed by atoms with Crippen LogP contribution in [0.1, 0.15) is 33.0 Å². The third-order valence-corrected chi connectivity index (χ3v) is 3.13. The fourth-order valence-corrected chi connectivity index (χ4v) is 2.53. The maximum absolute atomic E-state index is 10.2. The van der Waals surface area contributed by atoms with E-state index in [2.05, 4.69) is 19.2 Å². The first-order chi connectivity index (χ1) is 8.96. The first-order valence-electron chi connectivity index (χ1n) is 6.87. The Morgan fingerprint density at radius 1 is 1.32 bits per heavy atom. The molecule has 1 atom stereocenters. The number of furan rings is 1. The smallest absolute Gasteiger partial charge is 0.134 e. The van der Waals surface area contributed by atoms with Crippen LogP contribution >= 0.6 is 0 Å². The maximum Gasteiger partial charge on any atom is 0.134 e. The zero-order chi connectivity index (χ0) is 13.9. The number of fused-ring (bicyclic) bond motifs is 1. The predicted molar refractivity (Wildman–Crippen MR) is 78.0 cm³/mol. The number of rotatable bonds is 6. The molecule has 0 aliphatic carbocycles. The largest absolute Gasteiger partial charge is 0.460 e. The molecule has 1 aromatic heterocycles. The van der Waals surface area contributed by atoms with Crippen molar-refractivity contribution in [2.75, 3.05) is 6.54 Å². The minimum Gasteiger partial charge on any atom is -0.460 e. The normalized spacial score (nSPS) is 15.0. The molecule has 0 amide bonds. The lowest BCUT2D eigenvalue weighted by Gasteiger charge is -2.25. The number of hydrogen-bond acceptors (Lipinski definition) is 3. The van der Waals surface area contributed by atoms with E-state index < -0.39 is 5.60 Å².